The Morgan fingerprint density at radius 2 is 1.68 bits per heavy atom. The Kier molecular flexibility index (Phi) is 6.37. The third kappa shape index (κ3) is 4.32. The quantitative estimate of drug-likeness (QED) is 0.539. The number of amides is 1. The van der Waals surface area contributed by atoms with Crippen LogP contribution in [0.1, 0.15) is 48.2 Å². The summed E-state index contributed by atoms with van der Waals surface area (Å²) in [6.45, 7) is 0.928. The van der Waals surface area contributed by atoms with Crippen LogP contribution in [-0.2, 0) is 6.54 Å². The molecule has 2 N–H and O–H groups in total. The largest absolute Gasteiger partial charge is 0.493 e. The maximum Gasteiger partial charge on any atom is 0.251 e. The highest BCUT2D eigenvalue weighted by Gasteiger charge is 2.39. The predicted molar refractivity (Wildman–Crippen MR) is 132 cm³/mol. The highest BCUT2D eigenvalue weighted by molar-refractivity contribution is 5.95. The molecule has 3 aromatic rings. The van der Waals surface area contributed by atoms with Crippen LogP contribution in [-0.4, -0.2) is 55.2 Å². The number of fused-ring (bicyclic) bond motifs is 3. The van der Waals surface area contributed by atoms with Crippen molar-refractivity contribution in [3.05, 3.63) is 53.7 Å². The molecule has 1 aromatic heterocycles. The zero-order valence-electron chi connectivity index (χ0n) is 20.1. The normalized spacial score (nSPS) is 22.4. The molecule has 2 aliphatic rings. The molecule has 34 heavy (non-hydrogen) atoms. The second-order valence-electron chi connectivity index (χ2n) is 9.35. The van der Waals surface area contributed by atoms with E-state index in [0.29, 0.717) is 34.9 Å². The Morgan fingerprint density at radius 1 is 1.00 bits per heavy atom. The molecule has 7 heteroatoms. The van der Waals surface area contributed by atoms with Gasteiger partial charge in [-0.05, 0) is 55.3 Å². The van der Waals surface area contributed by atoms with Gasteiger partial charge in [-0.25, -0.2) is 0 Å². The number of benzene rings is 2. The van der Waals surface area contributed by atoms with Gasteiger partial charge < -0.3 is 24.5 Å². The number of rotatable bonds is 7. The summed E-state index contributed by atoms with van der Waals surface area (Å²) in [7, 11) is 4.68. The highest BCUT2D eigenvalue weighted by Crippen LogP contribution is 2.39. The zero-order chi connectivity index (χ0) is 23.7. The summed E-state index contributed by atoms with van der Waals surface area (Å²) in [6, 6.07) is 15.2. The zero-order valence-corrected chi connectivity index (χ0v) is 20.1. The van der Waals surface area contributed by atoms with Crippen LogP contribution in [0.5, 0.6) is 17.2 Å². The number of piperidine rings is 2. The summed E-state index contributed by atoms with van der Waals surface area (Å²) in [4.78, 5) is 19.4. The van der Waals surface area contributed by atoms with Gasteiger partial charge in [-0.2, -0.15) is 0 Å². The Bertz CT molecular complexity index is 1100. The number of hydrogen-bond donors (Lipinski definition) is 2. The second-order valence-corrected chi connectivity index (χ2v) is 9.35. The monoisotopic (exact) mass is 463 g/mol. The van der Waals surface area contributed by atoms with Gasteiger partial charge in [-0.3, -0.25) is 9.69 Å². The average Bonchev–Trinajstić information content (AvgIpc) is 3.25. The van der Waals surface area contributed by atoms with Gasteiger partial charge in [0.05, 0.1) is 21.3 Å². The van der Waals surface area contributed by atoms with Crippen molar-refractivity contribution in [1.29, 1.82) is 0 Å². The number of carbonyl (C=O) groups is 1. The van der Waals surface area contributed by atoms with E-state index in [1.165, 1.54) is 35.9 Å². The summed E-state index contributed by atoms with van der Waals surface area (Å²) in [5, 5.41) is 4.54. The molecule has 1 amide bonds. The van der Waals surface area contributed by atoms with Crippen molar-refractivity contribution < 1.29 is 19.0 Å². The SMILES string of the molecule is COc1cc(C(=O)NC2CC3CCCC(C2)N3Cc2cc3ccccc3[nH]2)cc(OC)c1OC. The van der Waals surface area contributed by atoms with Gasteiger partial charge in [-0.1, -0.05) is 24.6 Å². The Morgan fingerprint density at radius 3 is 2.29 bits per heavy atom. The van der Waals surface area contributed by atoms with Gasteiger partial charge in [0.1, 0.15) is 0 Å². The summed E-state index contributed by atoms with van der Waals surface area (Å²) in [5.74, 6) is 1.35. The first-order chi connectivity index (χ1) is 16.6. The number of aromatic nitrogens is 1. The van der Waals surface area contributed by atoms with Crippen molar-refractivity contribution in [2.45, 2.75) is 56.8 Å². The smallest absolute Gasteiger partial charge is 0.251 e. The third-order valence-electron chi connectivity index (χ3n) is 7.33. The molecular formula is C27H33N3O4. The van der Waals surface area contributed by atoms with Crippen molar-refractivity contribution in [3.63, 3.8) is 0 Å². The number of para-hydroxylation sites is 1. The first-order valence-corrected chi connectivity index (χ1v) is 12.0. The Hall–Kier alpha value is -3.19. The topological polar surface area (TPSA) is 75.8 Å². The molecule has 3 heterocycles. The van der Waals surface area contributed by atoms with E-state index in [1.807, 2.05) is 0 Å². The van der Waals surface area contributed by atoms with Gasteiger partial charge >= 0.3 is 0 Å². The van der Waals surface area contributed by atoms with E-state index in [0.717, 1.165) is 19.4 Å². The van der Waals surface area contributed by atoms with Crippen LogP contribution in [0.3, 0.4) is 0 Å². The van der Waals surface area contributed by atoms with Crippen LogP contribution >= 0.6 is 0 Å². The third-order valence-corrected chi connectivity index (χ3v) is 7.33. The number of nitrogens with one attached hydrogen (secondary N) is 2. The maximum atomic E-state index is 13.2. The minimum Gasteiger partial charge on any atom is -0.493 e. The molecule has 0 saturated carbocycles. The number of nitrogens with zero attached hydrogens (tertiary/aromatic N) is 1. The molecule has 0 radical (unpaired) electrons. The van der Waals surface area contributed by atoms with Crippen molar-refractivity contribution in [1.82, 2.24) is 15.2 Å². The number of H-pyrrole nitrogens is 1. The fourth-order valence-electron chi connectivity index (χ4n) is 5.75. The fourth-order valence-corrected chi connectivity index (χ4v) is 5.75. The summed E-state index contributed by atoms with van der Waals surface area (Å²) >= 11 is 0. The van der Waals surface area contributed by atoms with Crippen LogP contribution < -0.4 is 19.5 Å². The van der Waals surface area contributed by atoms with Gasteiger partial charge in [0.25, 0.3) is 5.91 Å². The van der Waals surface area contributed by atoms with Crippen molar-refractivity contribution >= 4 is 16.8 Å². The molecule has 2 aliphatic heterocycles. The molecule has 0 spiro atoms. The lowest BCUT2D eigenvalue weighted by Gasteiger charge is -2.49. The van der Waals surface area contributed by atoms with E-state index in [9.17, 15) is 4.79 Å². The highest BCUT2D eigenvalue weighted by atomic mass is 16.5. The molecule has 7 nitrogen and oxygen atoms in total. The van der Waals surface area contributed by atoms with E-state index < -0.39 is 0 Å². The van der Waals surface area contributed by atoms with Gasteiger partial charge in [0, 0.05) is 41.4 Å². The summed E-state index contributed by atoms with van der Waals surface area (Å²) in [5.41, 5.74) is 2.97. The molecular weight excluding hydrogens is 430 g/mol. The fraction of sp³-hybridized carbons (Fsp3) is 0.444. The Balaban J connectivity index is 1.28. The van der Waals surface area contributed by atoms with Crippen LogP contribution in [0.15, 0.2) is 42.5 Å². The lowest BCUT2D eigenvalue weighted by atomic mass is 9.81. The minimum absolute atomic E-state index is 0.105. The van der Waals surface area contributed by atoms with E-state index in [-0.39, 0.29) is 11.9 Å². The molecule has 0 aliphatic carbocycles. The maximum absolute atomic E-state index is 13.2. The van der Waals surface area contributed by atoms with Crippen LogP contribution in [0.2, 0.25) is 0 Å². The molecule has 5 rings (SSSR count). The molecule has 2 saturated heterocycles. The number of hydrogen-bond acceptors (Lipinski definition) is 5. The van der Waals surface area contributed by atoms with E-state index in [2.05, 4.69) is 45.5 Å². The lowest BCUT2D eigenvalue weighted by molar-refractivity contribution is 0.0169. The first-order valence-electron chi connectivity index (χ1n) is 12.0. The molecule has 2 aromatic carbocycles. The molecule has 2 bridgehead atoms. The van der Waals surface area contributed by atoms with Gasteiger partial charge in [0.15, 0.2) is 11.5 Å². The minimum atomic E-state index is -0.105. The van der Waals surface area contributed by atoms with Gasteiger partial charge in [-0.15, -0.1) is 0 Å². The van der Waals surface area contributed by atoms with E-state index in [4.69, 9.17) is 14.2 Å². The predicted octanol–water partition coefficient (Wildman–Crippen LogP) is 4.51. The van der Waals surface area contributed by atoms with Crippen LogP contribution in [0.4, 0.5) is 0 Å². The van der Waals surface area contributed by atoms with Crippen LogP contribution in [0.25, 0.3) is 10.9 Å². The molecule has 180 valence electrons. The Labute approximate surface area is 200 Å². The summed E-state index contributed by atoms with van der Waals surface area (Å²) in [6.07, 6.45) is 5.53. The standard InChI is InChI=1S/C27H33N3O4/c1-32-24-12-18(13-25(33-2)26(24)34-3)27(31)29-19-14-21-8-6-9-22(15-19)30(21)16-20-11-17-7-4-5-10-23(17)28-20/h4-5,7,10-13,19,21-22,28H,6,8-9,14-16H2,1-3H3,(H,29,31). The van der Waals surface area contributed by atoms with Crippen molar-refractivity contribution in [2.24, 2.45) is 0 Å². The summed E-state index contributed by atoms with van der Waals surface area (Å²) < 4.78 is 16.2. The lowest BCUT2D eigenvalue weighted by Crippen LogP contribution is -2.56. The number of ether oxygens (including phenoxy) is 3. The van der Waals surface area contributed by atoms with Crippen molar-refractivity contribution in [3.8, 4) is 17.2 Å². The van der Waals surface area contributed by atoms with E-state index in [1.54, 1.807) is 33.5 Å². The number of carbonyl (C=O) groups excluding carboxylic acids is 1. The number of aromatic amines is 1. The van der Waals surface area contributed by atoms with Crippen molar-refractivity contribution in [2.75, 3.05) is 21.3 Å². The molecule has 2 fully saturated rings. The first kappa shape index (κ1) is 22.6. The molecule has 2 unspecified atom stereocenters. The average molecular weight is 464 g/mol. The second kappa shape index (κ2) is 9.58. The van der Waals surface area contributed by atoms with Crippen LogP contribution in [0, 0.1) is 0 Å². The van der Waals surface area contributed by atoms with E-state index >= 15 is 0 Å². The number of methoxy groups -OCH3 is 3. The van der Waals surface area contributed by atoms with Gasteiger partial charge in [0.2, 0.25) is 5.75 Å². The molecule has 2 atom stereocenters.